The van der Waals surface area contributed by atoms with Crippen molar-refractivity contribution in [2.24, 2.45) is 17.8 Å². The monoisotopic (exact) mass is 635 g/mol. The molecule has 2 aromatic carbocycles. The van der Waals surface area contributed by atoms with Gasteiger partial charge >= 0.3 is 0 Å². The molecule has 1 aliphatic carbocycles. The number of carbonyl (C=O) groups is 1. The van der Waals surface area contributed by atoms with Crippen molar-refractivity contribution in [2.75, 3.05) is 53.6 Å². The number of amides is 1. The zero-order valence-corrected chi connectivity index (χ0v) is 27.3. The quantitative estimate of drug-likeness (QED) is 0.458. The van der Waals surface area contributed by atoms with E-state index in [0.717, 1.165) is 63.1 Å². The van der Waals surface area contributed by atoms with E-state index < -0.39 is 15.6 Å². The molecule has 45 heavy (non-hydrogen) atoms. The van der Waals surface area contributed by atoms with E-state index in [4.69, 9.17) is 14.2 Å². The maximum Gasteiger partial charge on any atom is 0.232 e. The first-order valence-corrected chi connectivity index (χ1v) is 17.6. The second kappa shape index (κ2) is 13.3. The Morgan fingerprint density at radius 3 is 2.09 bits per heavy atom. The van der Waals surface area contributed by atoms with Crippen LogP contribution in [0.3, 0.4) is 0 Å². The van der Waals surface area contributed by atoms with Crippen molar-refractivity contribution in [3.63, 3.8) is 0 Å². The molecule has 2 aromatic rings. The van der Waals surface area contributed by atoms with Gasteiger partial charge in [-0.05, 0) is 87.2 Å². The minimum Gasteiger partial charge on any atom is -0.497 e. The third-order valence-corrected chi connectivity index (χ3v) is 11.9. The number of carbonyl (C=O) groups excluding carboxylic acids is 1. The number of benzene rings is 2. The van der Waals surface area contributed by atoms with Crippen LogP contribution in [-0.4, -0.2) is 83.7 Å². The lowest BCUT2D eigenvalue weighted by Gasteiger charge is -2.45. The summed E-state index contributed by atoms with van der Waals surface area (Å²) in [5.41, 5.74) is 1.86. The van der Waals surface area contributed by atoms with Crippen LogP contribution in [0.25, 0.3) is 0 Å². The number of likely N-dealkylation sites (tertiary alicyclic amines) is 2. The van der Waals surface area contributed by atoms with E-state index in [1.807, 2.05) is 31.3 Å². The van der Waals surface area contributed by atoms with Gasteiger partial charge in [-0.15, -0.1) is 0 Å². The highest BCUT2D eigenvalue weighted by molar-refractivity contribution is 7.91. The molecule has 2 unspecified atom stereocenters. The number of ether oxygens (including phenoxy) is 3. The van der Waals surface area contributed by atoms with Crippen LogP contribution in [-0.2, 0) is 29.9 Å². The van der Waals surface area contributed by atoms with E-state index >= 15 is 0 Å². The van der Waals surface area contributed by atoms with Crippen LogP contribution < -0.4 is 10.1 Å². The van der Waals surface area contributed by atoms with Crippen LogP contribution >= 0.6 is 0 Å². The number of methoxy groups -OCH3 is 1. The fourth-order valence-corrected chi connectivity index (χ4v) is 8.81. The summed E-state index contributed by atoms with van der Waals surface area (Å²) in [5, 5.41) is 3.23. The normalized spacial score (nSPS) is 24.8. The van der Waals surface area contributed by atoms with Gasteiger partial charge in [-0.3, -0.25) is 4.79 Å². The molecule has 0 aromatic heterocycles. The van der Waals surface area contributed by atoms with Gasteiger partial charge in [0.2, 0.25) is 15.7 Å². The van der Waals surface area contributed by atoms with E-state index in [1.54, 1.807) is 43.5 Å². The van der Waals surface area contributed by atoms with E-state index in [9.17, 15) is 13.2 Å². The minimum absolute atomic E-state index is 0.133. The average molecular weight is 636 g/mol. The minimum atomic E-state index is -3.67. The zero-order chi connectivity index (χ0) is 31.6. The first-order chi connectivity index (χ1) is 21.8. The van der Waals surface area contributed by atoms with Gasteiger partial charge in [0.25, 0.3) is 0 Å². The largest absolute Gasteiger partial charge is 0.497 e. The highest BCUT2D eigenvalue weighted by Gasteiger charge is 2.47. The lowest BCUT2D eigenvalue weighted by molar-refractivity contribution is -0.215. The van der Waals surface area contributed by atoms with Gasteiger partial charge in [0, 0.05) is 43.4 Å². The van der Waals surface area contributed by atoms with Crippen LogP contribution in [0.2, 0.25) is 0 Å². The molecule has 0 bridgehead atoms. The van der Waals surface area contributed by atoms with Crippen LogP contribution in [0, 0.1) is 17.8 Å². The van der Waals surface area contributed by atoms with Gasteiger partial charge in [0.1, 0.15) is 5.75 Å². The van der Waals surface area contributed by atoms with Gasteiger partial charge in [0.15, 0.2) is 5.79 Å². The van der Waals surface area contributed by atoms with E-state index in [0.29, 0.717) is 25.0 Å². The number of allylic oxidation sites excluding steroid dienone is 3. The van der Waals surface area contributed by atoms with Crippen molar-refractivity contribution in [3.05, 3.63) is 78.0 Å². The second-order valence-electron chi connectivity index (χ2n) is 12.5. The molecule has 242 valence electrons. The number of rotatable bonds is 8. The number of hydrogen-bond donors (Lipinski definition) is 1. The zero-order valence-electron chi connectivity index (χ0n) is 26.5. The van der Waals surface area contributed by atoms with Crippen LogP contribution in [0.1, 0.15) is 38.2 Å². The molecule has 6 rings (SSSR count). The third kappa shape index (κ3) is 6.17. The molecule has 0 spiro atoms. The fourth-order valence-electron chi connectivity index (χ4n) is 7.55. The SMILES string of the molecule is CNC1=CC=CC(C)C1C(=O)N1CCC(N2CCC(C3(c4ccc(S(=O)(=O)c5ccc(OC)cc5)cc4)OCCO3)CC2)CC1. The average Bonchev–Trinajstić information content (AvgIpc) is 3.59. The van der Waals surface area contributed by atoms with Crippen molar-refractivity contribution in [1.29, 1.82) is 0 Å². The van der Waals surface area contributed by atoms with Crippen molar-refractivity contribution in [2.45, 2.75) is 54.2 Å². The predicted octanol–water partition coefficient (Wildman–Crippen LogP) is 4.36. The molecule has 3 heterocycles. The summed E-state index contributed by atoms with van der Waals surface area (Å²) in [6.45, 7) is 6.60. The van der Waals surface area contributed by atoms with Crippen molar-refractivity contribution in [3.8, 4) is 5.75 Å². The number of hydrogen-bond acceptors (Lipinski definition) is 8. The first kappa shape index (κ1) is 31.8. The molecule has 10 heteroatoms. The van der Waals surface area contributed by atoms with Crippen LogP contribution in [0.5, 0.6) is 5.75 Å². The maximum absolute atomic E-state index is 13.5. The molecule has 0 radical (unpaired) electrons. The summed E-state index contributed by atoms with van der Waals surface area (Å²) in [7, 11) is -0.225. The molecular formula is C35H45N3O6S. The Morgan fingerprint density at radius 2 is 1.51 bits per heavy atom. The smallest absolute Gasteiger partial charge is 0.232 e. The highest BCUT2D eigenvalue weighted by Crippen LogP contribution is 2.44. The van der Waals surface area contributed by atoms with Crippen molar-refractivity contribution in [1.82, 2.24) is 15.1 Å². The summed E-state index contributed by atoms with van der Waals surface area (Å²) >= 11 is 0. The molecule has 9 nitrogen and oxygen atoms in total. The second-order valence-corrected chi connectivity index (χ2v) is 14.5. The molecule has 4 aliphatic rings. The standard InChI is InChI=1S/C35H45N3O6S/c1-25-5-4-6-32(36-2)33(25)34(39)38-21-17-28(18-22-38)37-19-15-27(16-20-37)35(43-23-24-44-35)26-7-11-30(12-8-26)45(40,41)31-13-9-29(42-3)10-14-31/h4-14,25,27-28,33,36H,15-24H2,1-3H3. The summed E-state index contributed by atoms with van der Waals surface area (Å²) in [5.74, 6) is 0.180. The Bertz CT molecular complexity index is 1500. The Hall–Kier alpha value is -3.18. The van der Waals surface area contributed by atoms with Crippen molar-refractivity contribution >= 4 is 15.7 Å². The molecule has 3 fully saturated rings. The summed E-state index contributed by atoms with van der Waals surface area (Å²) in [4.78, 5) is 18.6. The van der Waals surface area contributed by atoms with Gasteiger partial charge in [-0.25, -0.2) is 8.42 Å². The Kier molecular flexibility index (Phi) is 9.38. The van der Waals surface area contributed by atoms with Gasteiger partial charge in [0.05, 0.1) is 36.0 Å². The topological polar surface area (TPSA) is 97.4 Å². The van der Waals surface area contributed by atoms with Crippen LogP contribution in [0.15, 0.2) is 82.2 Å². The first-order valence-electron chi connectivity index (χ1n) is 16.1. The highest BCUT2D eigenvalue weighted by atomic mass is 32.2. The summed E-state index contributed by atoms with van der Waals surface area (Å²) < 4.78 is 44.4. The predicted molar refractivity (Wildman–Crippen MR) is 171 cm³/mol. The fraction of sp³-hybridized carbons (Fsp3) is 0.514. The Morgan fingerprint density at radius 1 is 0.911 bits per heavy atom. The lowest BCUT2D eigenvalue weighted by Crippen LogP contribution is -2.52. The van der Waals surface area contributed by atoms with Crippen LogP contribution in [0.4, 0.5) is 0 Å². The molecule has 1 amide bonds. The molecule has 2 atom stereocenters. The summed E-state index contributed by atoms with van der Waals surface area (Å²) in [6.07, 6.45) is 9.97. The number of nitrogens with one attached hydrogen (secondary N) is 1. The molecule has 3 saturated heterocycles. The number of piperidine rings is 2. The van der Waals surface area contributed by atoms with E-state index in [1.165, 1.54) is 0 Å². The molecule has 0 saturated carbocycles. The number of sulfone groups is 1. The summed E-state index contributed by atoms with van der Waals surface area (Å²) in [6, 6.07) is 13.9. The maximum atomic E-state index is 13.5. The van der Waals surface area contributed by atoms with Gasteiger partial charge in [-0.1, -0.05) is 31.2 Å². The Labute approximate surface area is 267 Å². The molecule has 3 aliphatic heterocycles. The van der Waals surface area contributed by atoms with Crippen molar-refractivity contribution < 1.29 is 27.4 Å². The van der Waals surface area contributed by atoms with E-state index in [2.05, 4.69) is 28.1 Å². The number of nitrogens with zero attached hydrogens (tertiary/aromatic N) is 2. The third-order valence-electron chi connectivity index (χ3n) is 10.1. The molecular weight excluding hydrogens is 590 g/mol. The van der Waals surface area contributed by atoms with Gasteiger partial charge < -0.3 is 29.3 Å². The molecule has 1 N–H and O–H groups in total. The Balaban J connectivity index is 1.07. The van der Waals surface area contributed by atoms with Gasteiger partial charge in [-0.2, -0.15) is 0 Å². The van der Waals surface area contributed by atoms with E-state index in [-0.39, 0.29) is 33.5 Å². The lowest BCUT2D eigenvalue weighted by atomic mass is 9.83.